The quantitative estimate of drug-likeness (QED) is 0.606. The van der Waals surface area contributed by atoms with Crippen LogP contribution in [-0.2, 0) is 0 Å². The van der Waals surface area contributed by atoms with Crippen LogP contribution in [0.4, 0.5) is 0 Å². The largest absolute Gasteiger partial charge is 0.360 e. The number of nitrogens with one attached hydrogen (secondary N) is 1. The number of fused-ring (bicyclic) bond motifs is 1. The van der Waals surface area contributed by atoms with E-state index in [9.17, 15) is 0 Å². The third-order valence-corrected chi connectivity index (χ3v) is 1.59. The molecule has 0 aliphatic carbocycles. The van der Waals surface area contributed by atoms with Gasteiger partial charge in [-0.1, -0.05) is 0 Å². The summed E-state index contributed by atoms with van der Waals surface area (Å²) in [7, 11) is 0. The highest BCUT2D eigenvalue weighted by atomic mass is 14.7. The minimum atomic E-state index is 0.590. The molecule has 2 heterocycles. The maximum Gasteiger partial charge on any atom is 0.103 e. The molecule has 0 aromatic carbocycles. The van der Waals surface area contributed by atoms with Crippen LogP contribution in [-0.4, -0.2) is 9.97 Å². The first-order valence-corrected chi connectivity index (χ1v) is 3.23. The summed E-state index contributed by atoms with van der Waals surface area (Å²) in [6, 6.07) is 3.95. The van der Waals surface area contributed by atoms with Gasteiger partial charge in [0, 0.05) is 24.0 Å². The molecule has 1 N–H and O–H groups in total. The molecule has 0 radical (unpaired) electrons. The SMILES string of the molecule is N#Cc1cncc2cc[nH]c12. The van der Waals surface area contributed by atoms with Gasteiger partial charge in [-0.25, -0.2) is 0 Å². The Balaban J connectivity index is 2.92. The molecule has 3 heteroatoms. The minimum Gasteiger partial charge on any atom is -0.360 e. The van der Waals surface area contributed by atoms with Crippen molar-refractivity contribution in [3.63, 3.8) is 0 Å². The summed E-state index contributed by atoms with van der Waals surface area (Å²) in [5.74, 6) is 0. The van der Waals surface area contributed by atoms with Crippen LogP contribution in [0.3, 0.4) is 0 Å². The molecule has 0 amide bonds. The second-order valence-electron chi connectivity index (χ2n) is 2.24. The van der Waals surface area contributed by atoms with Crippen LogP contribution in [0.2, 0.25) is 0 Å². The number of rotatable bonds is 0. The molecule has 2 aromatic rings. The van der Waals surface area contributed by atoms with Crippen molar-refractivity contribution in [2.75, 3.05) is 0 Å². The Morgan fingerprint density at radius 1 is 1.45 bits per heavy atom. The Hall–Kier alpha value is -1.82. The Labute approximate surface area is 63.3 Å². The van der Waals surface area contributed by atoms with Gasteiger partial charge in [-0.15, -0.1) is 0 Å². The van der Waals surface area contributed by atoms with E-state index < -0.39 is 0 Å². The van der Waals surface area contributed by atoms with Gasteiger partial charge in [-0.2, -0.15) is 5.26 Å². The van der Waals surface area contributed by atoms with E-state index in [-0.39, 0.29) is 0 Å². The van der Waals surface area contributed by atoms with Crippen molar-refractivity contribution in [3.8, 4) is 6.07 Å². The van der Waals surface area contributed by atoms with Crippen molar-refractivity contribution in [3.05, 3.63) is 30.2 Å². The molecule has 0 saturated carbocycles. The topological polar surface area (TPSA) is 52.5 Å². The molecule has 0 bridgehead atoms. The fourth-order valence-corrected chi connectivity index (χ4v) is 1.06. The molecule has 2 rings (SSSR count). The predicted molar refractivity (Wildman–Crippen MR) is 40.8 cm³/mol. The summed E-state index contributed by atoms with van der Waals surface area (Å²) in [5.41, 5.74) is 1.45. The van der Waals surface area contributed by atoms with Crippen LogP contribution in [0.25, 0.3) is 10.9 Å². The summed E-state index contributed by atoms with van der Waals surface area (Å²) >= 11 is 0. The van der Waals surface area contributed by atoms with Crippen LogP contribution < -0.4 is 0 Å². The highest BCUT2D eigenvalue weighted by Crippen LogP contribution is 2.13. The number of H-pyrrole nitrogens is 1. The fraction of sp³-hybridized carbons (Fsp3) is 0. The monoisotopic (exact) mass is 143 g/mol. The van der Waals surface area contributed by atoms with Gasteiger partial charge in [0.25, 0.3) is 0 Å². The van der Waals surface area contributed by atoms with Crippen molar-refractivity contribution >= 4 is 10.9 Å². The molecule has 0 fully saturated rings. The molecule has 0 unspecified atom stereocenters. The number of aromatic amines is 1. The summed E-state index contributed by atoms with van der Waals surface area (Å²) in [5, 5.41) is 9.62. The van der Waals surface area contributed by atoms with Crippen LogP contribution in [0.15, 0.2) is 24.7 Å². The lowest BCUT2D eigenvalue weighted by Crippen LogP contribution is -1.79. The molecule has 0 atom stereocenters. The smallest absolute Gasteiger partial charge is 0.103 e. The van der Waals surface area contributed by atoms with E-state index in [1.807, 2.05) is 6.07 Å². The second-order valence-corrected chi connectivity index (χ2v) is 2.24. The Kier molecular flexibility index (Phi) is 1.13. The highest BCUT2D eigenvalue weighted by Gasteiger charge is 1.99. The Morgan fingerprint density at radius 2 is 2.36 bits per heavy atom. The lowest BCUT2D eigenvalue weighted by molar-refractivity contribution is 1.33. The molecule has 0 aliphatic rings. The third kappa shape index (κ3) is 0.767. The number of nitrogens with zero attached hydrogens (tertiary/aromatic N) is 2. The average molecular weight is 143 g/mol. The lowest BCUT2D eigenvalue weighted by Gasteiger charge is -1.89. The van der Waals surface area contributed by atoms with E-state index in [0.29, 0.717) is 5.56 Å². The first kappa shape index (κ1) is 5.93. The van der Waals surface area contributed by atoms with Crippen LogP contribution >= 0.6 is 0 Å². The molecule has 0 aliphatic heterocycles. The van der Waals surface area contributed by atoms with Gasteiger partial charge in [0.1, 0.15) is 6.07 Å². The number of nitriles is 1. The van der Waals surface area contributed by atoms with Crippen molar-refractivity contribution in [1.82, 2.24) is 9.97 Å². The average Bonchev–Trinajstić information content (AvgIpc) is 2.50. The normalized spacial score (nSPS) is 9.73. The molecular weight excluding hydrogens is 138 g/mol. The first-order valence-electron chi connectivity index (χ1n) is 3.23. The summed E-state index contributed by atoms with van der Waals surface area (Å²) in [6.07, 6.45) is 5.08. The number of hydrogen-bond donors (Lipinski definition) is 1. The molecular formula is C8H5N3. The van der Waals surface area contributed by atoms with E-state index in [2.05, 4.69) is 16.0 Å². The maximum absolute atomic E-state index is 8.64. The lowest BCUT2D eigenvalue weighted by atomic mass is 10.2. The predicted octanol–water partition coefficient (Wildman–Crippen LogP) is 1.43. The van der Waals surface area contributed by atoms with Crippen molar-refractivity contribution in [2.45, 2.75) is 0 Å². The second kappa shape index (κ2) is 2.10. The summed E-state index contributed by atoms with van der Waals surface area (Å²) in [4.78, 5) is 6.89. The fourth-order valence-electron chi connectivity index (χ4n) is 1.06. The zero-order valence-corrected chi connectivity index (χ0v) is 5.70. The van der Waals surface area contributed by atoms with E-state index in [4.69, 9.17) is 5.26 Å². The number of pyridine rings is 1. The summed E-state index contributed by atoms with van der Waals surface area (Å²) in [6.45, 7) is 0. The highest BCUT2D eigenvalue weighted by molar-refractivity contribution is 5.83. The Morgan fingerprint density at radius 3 is 3.18 bits per heavy atom. The van der Waals surface area contributed by atoms with Gasteiger partial charge in [-0.05, 0) is 6.07 Å². The third-order valence-electron chi connectivity index (χ3n) is 1.59. The first-order chi connectivity index (χ1) is 5.42. The molecule has 2 aromatic heterocycles. The van der Waals surface area contributed by atoms with Gasteiger partial charge in [0.15, 0.2) is 0 Å². The summed E-state index contributed by atoms with van der Waals surface area (Å²) < 4.78 is 0. The van der Waals surface area contributed by atoms with Crippen LogP contribution in [0.1, 0.15) is 5.56 Å². The van der Waals surface area contributed by atoms with Crippen LogP contribution in [0.5, 0.6) is 0 Å². The van der Waals surface area contributed by atoms with Gasteiger partial charge >= 0.3 is 0 Å². The zero-order valence-electron chi connectivity index (χ0n) is 5.70. The molecule has 52 valence electrons. The Bertz CT molecular complexity index is 422. The van der Waals surface area contributed by atoms with Crippen molar-refractivity contribution in [2.24, 2.45) is 0 Å². The van der Waals surface area contributed by atoms with Crippen molar-refractivity contribution in [1.29, 1.82) is 5.26 Å². The number of aromatic nitrogens is 2. The molecule has 3 nitrogen and oxygen atoms in total. The van der Waals surface area contributed by atoms with E-state index in [1.54, 1.807) is 18.6 Å². The maximum atomic E-state index is 8.64. The molecule has 0 saturated heterocycles. The van der Waals surface area contributed by atoms with Gasteiger partial charge in [0.05, 0.1) is 11.1 Å². The zero-order chi connectivity index (χ0) is 7.68. The van der Waals surface area contributed by atoms with Crippen LogP contribution in [0, 0.1) is 11.3 Å². The van der Waals surface area contributed by atoms with Gasteiger partial charge < -0.3 is 4.98 Å². The minimum absolute atomic E-state index is 0.590. The van der Waals surface area contributed by atoms with Gasteiger partial charge in [-0.3, -0.25) is 4.98 Å². The number of hydrogen-bond acceptors (Lipinski definition) is 2. The van der Waals surface area contributed by atoms with E-state index in [0.717, 1.165) is 10.9 Å². The van der Waals surface area contributed by atoms with Crippen molar-refractivity contribution < 1.29 is 0 Å². The molecule has 0 spiro atoms. The van der Waals surface area contributed by atoms with Gasteiger partial charge in [0.2, 0.25) is 0 Å². The standard InChI is InChI=1S/C8H5N3/c9-3-7-5-10-4-6-1-2-11-8(6)7/h1-2,4-5,11H. The molecule has 11 heavy (non-hydrogen) atoms. The van der Waals surface area contributed by atoms with E-state index >= 15 is 0 Å². The van der Waals surface area contributed by atoms with E-state index in [1.165, 1.54) is 0 Å².